The number of hydrogen-bond acceptors (Lipinski definition) is 7. The van der Waals surface area contributed by atoms with E-state index >= 15 is 0 Å². The Hall–Kier alpha value is -3.53. The van der Waals surface area contributed by atoms with E-state index in [4.69, 9.17) is 32.7 Å². The van der Waals surface area contributed by atoms with E-state index in [1.54, 1.807) is 18.2 Å². The van der Waals surface area contributed by atoms with Crippen LogP contribution in [-0.2, 0) is 0 Å². The quantitative estimate of drug-likeness (QED) is 0.305. The fourth-order valence-corrected chi connectivity index (χ4v) is 5.73. The molecule has 3 heterocycles. The first-order valence-electron chi connectivity index (χ1n) is 12.8. The van der Waals surface area contributed by atoms with Crippen LogP contribution < -0.4 is 19.7 Å². The Labute approximate surface area is 236 Å². The molecule has 0 bridgehead atoms. The van der Waals surface area contributed by atoms with Gasteiger partial charge in [-0.1, -0.05) is 23.2 Å². The molecule has 0 unspecified atom stereocenters. The van der Waals surface area contributed by atoms with Crippen LogP contribution in [0.4, 0.5) is 11.5 Å². The molecule has 0 atom stereocenters. The third kappa shape index (κ3) is 4.97. The van der Waals surface area contributed by atoms with Crippen LogP contribution in [0.25, 0.3) is 22.3 Å². The minimum Gasteiger partial charge on any atom is -0.495 e. The van der Waals surface area contributed by atoms with Crippen LogP contribution in [0.5, 0.6) is 11.5 Å². The number of carbonyl (C=O) groups excluding carboxylic acids is 1. The zero-order valence-electron chi connectivity index (χ0n) is 21.6. The van der Waals surface area contributed by atoms with E-state index in [0.717, 1.165) is 37.9 Å². The first-order chi connectivity index (χ1) is 19.0. The van der Waals surface area contributed by atoms with Crippen LogP contribution in [0.3, 0.4) is 0 Å². The lowest BCUT2D eigenvalue weighted by molar-refractivity contribution is 0.102. The number of ether oxygens (including phenoxy) is 2. The second kappa shape index (κ2) is 10.6. The molecule has 2 aromatic heterocycles. The first-order valence-corrected chi connectivity index (χ1v) is 13.6. The molecule has 11 heteroatoms. The molecular weight excluding hydrogens is 539 g/mol. The highest BCUT2D eigenvalue weighted by Crippen LogP contribution is 2.45. The van der Waals surface area contributed by atoms with Crippen molar-refractivity contribution in [1.82, 2.24) is 20.1 Å². The molecule has 1 saturated heterocycles. The van der Waals surface area contributed by atoms with Crippen LogP contribution in [0, 0.1) is 0 Å². The van der Waals surface area contributed by atoms with Gasteiger partial charge in [-0.2, -0.15) is 5.10 Å². The SMILES string of the molecule is COc1cc(OC)c(Cl)c(-c2ccc3c(NC(=O)c4ccc(N5CCN(C6CC6)CC5)cc4)n[nH]c3n2)c1Cl. The number of methoxy groups -OCH3 is 2. The Balaban J connectivity index is 1.18. The van der Waals surface area contributed by atoms with Crippen LogP contribution >= 0.6 is 23.2 Å². The number of benzene rings is 2. The Bertz CT molecular complexity index is 1500. The normalized spacial score (nSPS) is 15.9. The van der Waals surface area contributed by atoms with Crippen molar-refractivity contribution in [2.75, 3.05) is 50.6 Å². The Morgan fingerprint density at radius 3 is 2.26 bits per heavy atom. The molecule has 1 aliphatic heterocycles. The lowest BCUT2D eigenvalue weighted by atomic mass is 10.1. The lowest BCUT2D eigenvalue weighted by Gasteiger charge is -2.36. The van der Waals surface area contributed by atoms with Crippen molar-refractivity contribution in [1.29, 1.82) is 0 Å². The number of anilines is 2. The van der Waals surface area contributed by atoms with Gasteiger partial charge in [0.05, 0.1) is 35.3 Å². The fraction of sp³-hybridized carbons (Fsp3) is 0.321. The summed E-state index contributed by atoms with van der Waals surface area (Å²) in [4.78, 5) is 22.6. The number of hydrogen-bond donors (Lipinski definition) is 2. The van der Waals surface area contributed by atoms with Gasteiger partial charge in [-0.25, -0.2) is 4.98 Å². The molecule has 2 N–H and O–H groups in total. The highest BCUT2D eigenvalue weighted by Gasteiger charge is 2.31. The van der Waals surface area contributed by atoms with Gasteiger partial charge in [-0.15, -0.1) is 0 Å². The highest BCUT2D eigenvalue weighted by atomic mass is 35.5. The third-order valence-corrected chi connectivity index (χ3v) is 8.11. The number of H-pyrrole nitrogens is 1. The van der Waals surface area contributed by atoms with E-state index < -0.39 is 0 Å². The predicted octanol–water partition coefficient (Wildman–Crippen LogP) is 5.49. The summed E-state index contributed by atoms with van der Waals surface area (Å²) in [5.41, 5.74) is 3.14. The summed E-state index contributed by atoms with van der Waals surface area (Å²) >= 11 is 13.1. The molecule has 4 aromatic rings. The molecule has 9 nitrogen and oxygen atoms in total. The summed E-state index contributed by atoms with van der Waals surface area (Å²) in [6, 6.07) is 13.7. The zero-order valence-corrected chi connectivity index (χ0v) is 23.1. The number of aromatic amines is 1. The molecule has 2 fully saturated rings. The molecule has 39 heavy (non-hydrogen) atoms. The van der Waals surface area contributed by atoms with Crippen molar-refractivity contribution < 1.29 is 14.3 Å². The highest BCUT2D eigenvalue weighted by molar-refractivity contribution is 6.41. The van der Waals surface area contributed by atoms with Crippen molar-refractivity contribution in [3.63, 3.8) is 0 Å². The zero-order chi connectivity index (χ0) is 27.1. The average molecular weight is 567 g/mol. The molecule has 6 rings (SSSR count). The van der Waals surface area contributed by atoms with E-state index in [9.17, 15) is 4.79 Å². The molecular formula is C28H28Cl2N6O3. The Kier molecular flexibility index (Phi) is 6.97. The lowest BCUT2D eigenvalue weighted by Crippen LogP contribution is -2.47. The Morgan fingerprint density at radius 2 is 1.64 bits per heavy atom. The molecule has 2 aromatic carbocycles. The van der Waals surface area contributed by atoms with E-state index in [0.29, 0.717) is 55.2 Å². The standard InChI is InChI=1S/C28H28Cl2N6O3/c1-38-21-15-22(39-2)25(30)23(24(21)29)20-10-9-19-26(31-20)33-34-27(19)32-28(37)16-3-5-17(6-4-16)35-11-13-36(14-12-35)18-7-8-18/h3-6,9-10,15,18H,7-8,11-14H2,1-2H3,(H2,31,32,33,34,37). The van der Waals surface area contributed by atoms with Gasteiger partial charge in [0, 0.05) is 55.1 Å². The molecule has 1 amide bonds. The number of fused-ring (bicyclic) bond motifs is 1. The number of nitrogens with one attached hydrogen (secondary N) is 2. The van der Waals surface area contributed by atoms with Gasteiger partial charge in [0.2, 0.25) is 0 Å². The molecule has 0 radical (unpaired) electrons. The van der Waals surface area contributed by atoms with Gasteiger partial charge in [0.1, 0.15) is 11.5 Å². The van der Waals surface area contributed by atoms with Crippen molar-refractivity contribution in [2.45, 2.75) is 18.9 Å². The second-order valence-electron chi connectivity index (χ2n) is 9.70. The molecule has 1 saturated carbocycles. The van der Waals surface area contributed by atoms with Gasteiger partial charge in [0.25, 0.3) is 5.91 Å². The average Bonchev–Trinajstić information content (AvgIpc) is 3.75. The summed E-state index contributed by atoms with van der Waals surface area (Å²) < 4.78 is 10.7. The molecule has 202 valence electrons. The number of nitrogens with zero attached hydrogens (tertiary/aromatic N) is 4. The maximum absolute atomic E-state index is 13.0. The second-order valence-corrected chi connectivity index (χ2v) is 10.5. The smallest absolute Gasteiger partial charge is 0.256 e. The van der Waals surface area contributed by atoms with E-state index in [2.05, 4.69) is 30.3 Å². The van der Waals surface area contributed by atoms with E-state index in [-0.39, 0.29) is 5.91 Å². The van der Waals surface area contributed by atoms with Gasteiger partial charge >= 0.3 is 0 Å². The number of rotatable bonds is 7. The van der Waals surface area contributed by atoms with Crippen LogP contribution in [0.15, 0.2) is 42.5 Å². The van der Waals surface area contributed by atoms with Crippen LogP contribution in [0.2, 0.25) is 10.0 Å². The summed E-state index contributed by atoms with van der Waals surface area (Å²) in [5.74, 6) is 0.966. The predicted molar refractivity (Wildman–Crippen MR) is 154 cm³/mol. The minimum atomic E-state index is -0.249. The van der Waals surface area contributed by atoms with Crippen molar-refractivity contribution in [2.24, 2.45) is 0 Å². The maximum atomic E-state index is 13.0. The fourth-order valence-electron chi connectivity index (χ4n) is 5.04. The van der Waals surface area contributed by atoms with Crippen LogP contribution in [0.1, 0.15) is 23.2 Å². The summed E-state index contributed by atoms with van der Waals surface area (Å²) in [6.07, 6.45) is 2.68. The molecule has 0 spiro atoms. The van der Waals surface area contributed by atoms with Crippen molar-refractivity contribution in [3.05, 3.63) is 58.1 Å². The van der Waals surface area contributed by atoms with E-state index in [1.807, 2.05) is 24.3 Å². The largest absolute Gasteiger partial charge is 0.495 e. The third-order valence-electron chi connectivity index (χ3n) is 7.36. The van der Waals surface area contributed by atoms with Gasteiger partial charge in [-0.05, 0) is 49.2 Å². The number of amides is 1. The van der Waals surface area contributed by atoms with Gasteiger partial charge in [-0.3, -0.25) is 14.8 Å². The van der Waals surface area contributed by atoms with Gasteiger partial charge in [0.15, 0.2) is 11.5 Å². The molecule has 2 aliphatic rings. The number of aromatic nitrogens is 3. The number of pyridine rings is 1. The minimum absolute atomic E-state index is 0.249. The van der Waals surface area contributed by atoms with E-state index in [1.165, 1.54) is 27.1 Å². The Morgan fingerprint density at radius 1 is 0.974 bits per heavy atom. The molecule has 1 aliphatic carbocycles. The van der Waals surface area contributed by atoms with Crippen LogP contribution in [-0.4, -0.2) is 72.4 Å². The summed E-state index contributed by atoms with van der Waals surface area (Å²) in [7, 11) is 3.03. The first kappa shape index (κ1) is 25.7. The summed E-state index contributed by atoms with van der Waals surface area (Å²) in [5, 5.41) is 11.3. The van der Waals surface area contributed by atoms with Gasteiger partial charge < -0.3 is 19.7 Å². The number of halogens is 2. The number of piperazine rings is 1. The maximum Gasteiger partial charge on any atom is 0.256 e. The topological polar surface area (TPSA) is 95.6 Å². The van der Waals surface area contributed by atoms with Crippen molar-refractivity contribution >= 4 is 51.6 Å². The monoisotopic (exact) mass is 566 g/mol. The van der Waals surface area contributed by atoms with Crippen molar-refractivity contribution in [3.8, 4) is 22.8 Å². The summed E-state index contributed by atoms with van der Waals surface area (Å²) in [6.45, 7) is 4.21. The number of carbonyl (C=O) groups is 1.